The smallest absolute Gasteiger partial charge is 0.0537 e. The lowest BCUT2D eigenvalue weighted by molar-refractivity contribution is 0.255. The molecule has 0 saturated carbocycles. The van der Waals surface area contributed by atoms with Gasteiger partial charge in [-0.3, -0.25) is 0 Å². The predicted octanol–water partition coefficient (Wildman–Crippen LogP) is 3.95. The first-order valence-electron chi connectivity index (χ1n) is 8.01. The molecule has 1 aliphatic rings. The molecule has 0 radical (unpaired) electrons. The molecule has 3 nitrogen and oxygen atoms in total. The summed E-state index contributed by atoms with van der Waals surface area (Å²) in [5.41, 5.74) is 14.0. The molecule has 0 aromatic rings. The lowest BCUT2D eigenvalue weighted by atomic mass is 9.91. The summed E-state index contributed by atoms with van der Waals surface area (Å²) in [6.07, 6.45) is 11.7. The molecule has 0 bridgehead atoms. The molecule has 0 amide bonds. The van der Waals surface area contributed by atoms with Crippen molar-refractivity contribution >= 4 is 0 Å². The number of rotatable bonds is 3. The molecule has 122 valence electrons. The van der Waals surface area contributed by atoms with Crippen LogP contribution in [0.1, 0.15) is 47.5 Å². The van der Waals surface area contributed by atoms with E-state index in [2.05, 4.69) is 17.6 Å². The fraction of sp³-hybridized carbons (Fsp3) is 0.556. The van der Waals surface area contributed by atoms with E-state index in [0.29, 0.717) is 6.04 Å². The molecule has 1 heterocycles. The van der Waals surface area contributed by atoms with Crippen LogP contribution in [0.5, 0.6) is 0 Å². The van der Waals surface area contributed by atoms with Gasteiger partial charge in [-0.05, 0) is 25.3 Å². The van der Waals surface area contributed by atoms with E-state index in [4.69, 9.17) is 11.5 Å². The molecule has 1 aliphatic heterocycles. The molecule has 0 spiro atoms. The Balaban J connectivity index is 0. The van der Waals surface area contributed by atoms with E-state index in [1.54, 1.807) is 6.20 Å². The van der Waals surface area contributed by atoms with Crippen molar-refractivity contribution in [3.8, 4) is 0 Å². The Morgan fingerprint density at radius 1 is 1.24 bits per heavy atom. The highest BCUT2D eigenvalue weighted by atomic mass is 15.2. The summed E-state index contributed by atoms with van der Waals surface area (Å²) in [4.78, 5) is 2.17. The first-order valence-corrected chi connectivity index (χ1v) is 8.01. The molecule has 0 aromatic carbocycles. The van der Waals surface area contributed by atoms with E-state index in [1.807, 2.05) is 59.9 Å². The van der Waals surface area contributed by atoms with E-state index < -0.39 is 0 Å². The maximum Gasteiger partial charge on any atom is 0.0537 e. The largest absolute Gasteiger partial charge is 0.403 e. The van der Waals surface area contributed by atoms with Crippen molar-refractivity contribution in [3.63, 3.8) is 0 Å². The van der Waals surface area contributed by atoms with Crippen LogP contribution in [0.2, 0.25) is 0 Å². The highest BCUT2D eigenvalue weighted by molar-refractivity contribution is 5.31. The number of likely N-dealkylation sites (N-methyl/N-ethyl adjacent to an activating group) is 1. The summed E-state index contributed by atoms with van der Waals surface area (Å²) in [5, 5.41) is 0. The average Bonchev–Trinajstić information content (AvgIpc) is 2.52. The van der Waals surface area contributed by atoms with Gasteiger partial charge in [0.2, 0.25) is 0 Å². The Morgan fingerprint density at radius 2 is 1.81 bits per heavy atom. The Labute approximate surface area is 132 Å². The molecule has 1 fully saturated rings. The van der Waals surface area contributed by atoms with Crippen LogP contribution < -0.4 is 11.5 Å². The van der Waals surface area contributed by atoms with Gasteiger partial charge in [-0.15, -0.1) is 0 Å². The van der Waals surface area contributed by atoms with Gasteiger partial charge in [-0.25, -0.2) is 0 Å². The van der Waals surface area contributed by atoms with Gasteiger partial charge in [0.25, 0.3) is 0 Å². The minimum absolute atomic E-state index is 0.0526. The monoisotopic (exact) mass is 293 g/mol. The molecule has 2 unspecified atom stereocenters. The lowest BCUT2D eigenvalue weighted by Crippen LogP contribution is -2.45. The topological polar surface area (TPSA) is 55.3 Å². The van der Waals surface area contributed by atoms with Crippen LogP contribution in [0.3, 0.4) is 0 Å². The number of hydrogen-bond acceptors (Lipinski definition) is 3. The molecular formula is C18H35N3. The maximum atomic E-state index is 6.04. The quantitative estimate of drug-likeness (QED) is 0.775. The van der Waals surface area contributed by atoms with Crippen molar-refractivity contribution in [3.05, 3.63) is 48.4 Å². The second-order valence-electron chi connectivity index (χ2n) is 4.30. The van der Waals surface area contributed by atoms with Crippen LogP contribution in [0, 0.1) is 0 Å². The first-order chi connectivity index (χ1) is 10.2. The highest BCUT2D eigenvalue weighted by Crippen LogP contribution is 2.28. The van der Waals surface area contributed by atoms with Crippen molar-refractivity contribution < 1.29 is 0 Å². The second kappa shape index (κ2) is 13.5. The van der Waals surface area contributed by atoms with E-state index >= 15 is 0 Å². The fourth-order valence-corrected chi connectivity index (χ4v) is 2.36. The number of nitrogens with two attached hydrogens (primary N) is 2. The molecule has 2 atom stereocenters. The van der Waals surface area contributed by atoms with Gasteiger partial charge in [0.1, 0.15) is 0 Å². The van der Waals surface area contributed by atoms with Crippen molar-refractivity contribution in [1.29, 1.82) is 0 Å². The Morgan fingerprint density at radius 3 is 2.24 bits per heavy atom. The minimum Gasteiger partial charge on any atom is -0.403 e. The van der Waals surface area contributed by atoms with Crippen molar-refractivity contribution in [2.75, 3.05) is 7.05 Å². The van der Waals surface area contributed by atoms with Gasteiger partial charge in [0, 0.05) is 25.0 Å². The number of piperidine rings is 1. The molecular weight excluding hydrogens is 258 g/mol. The van der Waals surface area contributed by atoms with Crippen LogP contribution in [-0.4, -0.2) is 24.0 Å². The zero-order valence-electron chi connectivity index (χ0n) is 14.8. The molecule has 3 heteroatoms. The molecule has 1 saturated heterocycles. The summed E-state index contributed by atoms with van der Waals surface area (Å²) in [5.74, 6) is 0. The van der Waals surface area contributed by atoms with Gasteiger partial charge in [0.15, 0.2) is 0 Å². The molecule has 0 aliphatic carbocycles. The summed E-state index contributed by atoms with van der Waals surface area (Å²) < 4.78 is 0. The first kappa shape index (κ1) is 21.8. The molecule has 21 heavy (non-hydrogen) atoms. The molecule has 4 N–H and O–H groups in total. The van der Waals surface area contributed by atoms with Crippen LogP contribution in [0.25, 0.3) is 0 Å². The van der Waals surface area contributed by atoms with E-state index in [-0.39, 0.29) is 6.04 Å². The number of nitrogens with zero attached hydrogens (tertiary/aromatic N) is 1. The Hall–Kier alpha value is -1.48. The zero-order valence-corrected chi connectivity index (χ0v) is 14.8. The van der Waals surface area contributed by atoms with Crippen LogP contribution in [0.4, 0.5) is 0 Å². The third-order valence-electron chi connectivity index (χ3n) is 3.23. The highest BCUT2D eigenvalue weighted by Gasteiger charge is 2.28. The molecule has 0 aromatic heterocycles. The summed E-state index contributed by atoms with van der Waals surface area (Å²) in [6.45, 7) is 13.8. The predicted molar refractivity (Wildman–Crippen MR) is 96.8 cm³/mol. The Bertz CT molecular complexity index is 353. The maximum absolute atomic E-state index is 6.04. The van der Waals surface area contributed by atoms with Gasteiger partial charge in [0.05, 0.1) is 6.04 Å². The summed E-state index contributed by atoms with van der Waals surface area (Å²) in [7, 11) is 2.04. The standard InChI is InChI=1S/C14H23N3.2C2H6/c1-4-6-11(7-5-2)13-9-8-12(16)14(10-15)17(13)3;2*1-2/h4-7,10,12-13H,1,8-9,15-16H2,2-3H3;2*1-2H3/b7-5-,11-6+,14-10-;;. The van der Waals surface area contributed by atoms with E-state index in [0.717, 1.165) is 18.5 Å². The molecule has 1 rings (SSSR count). The van der Waals surface area contributed by atoms with Gasteiger partial charge in [-0.1, -0.05) is 58.6 Å². The van der Waals surface area contributed by atoms with Gasteiger partial charge < -0.3 is 16.4 Å². The van der Waals surface area contributed by atoms with Gasteiger partial charge >= 0.3 is 0 Å². The van der Waals surface area contributed by atoms with Crippen LogP contribution in [-0.2, 0) is 0 Å². The van der Waals surface area contributed by atoms with E-state index in [9.17, 15) is 0 Å². The van der Waals surface area contributed by atoms with Crippen molar-refractivity contribution in [1.82, 2.24) is 4.90 Å². The van der Waals surface area contributed by atoms with Gasteiger partial charge in [-0.2, -0.15) is 0 Å². The summed E-state index contributed by atoms with van der Waals surface area (Å²) in [6, 6.07) is 0.385. The average molecular weight is 293 g/mol. The second-order valence-corrected chi connectivity index (χ2v) is 4.30. The SMILES string of the molecule is C=C/C=C(\C=C/C)C1CCC(N)/C(=C/N)N1C.CC.CC. The normalized spacial score (nSPS) is 24.0. The number of hydrogen-bond donors (Lipinski definition) is 2. The van der Waals surface area contributed by atoms with Crippen LogP contribution >= 0.6 is 0 Å². The van der Waals surface area contributed by atoms with Crippen molar-refractivity contribution in [2.24, 2.45) is 11.5 Å². The lowest BCUT2D eigenvalue weighted by Gasteiger charge is -2.40. The fourth-order valence-electron chi connectivity index (χ4n) is 2.36. The minimum atomic E-state index is 0.0526. The number of likely N-dealkylation sites (tertiary alicyclic amines) is 1. The zero-order chi connectivity index (χ0) is 16.8. The number of allylic oxidation sites excluding steroid dienone is 3. The van der Waals surface area contributed by atoms with E-state index in [1.165, 1.54) is 5.57 Å². The third-order valence-corrected chi connectivity index (χ3v) is 3.23. The van der Waals surface area contributed by atoms with Crippen LogP contribution in [0.15, 0.2) is 48.4 Å². The third kappa shape index (κ3) is 6.67. The Kier molecular flexibility index (Phi) is 14.0. The summed E-state index contributed by atoms with van der Waals surface area (Å²) >= 11 is 0. The van der Waals surface area contributed by atoms with Crippen molar-refractivity contribution in [2.45, 2.75) is 59.5 Å².